The van der Waals surface area contributed by atoms with Gasteiger partial charge in [0, 0.05) is 17.6 Å². The molecule has 0 atom stereocenters. The Morgan fingerprint density at radius 3 is 2.48 bits per heavy atom. The maximum Gasteiger partial charge on any atom is 0.341 e. The molecule has 0 aliphatic heterocycles. The molecule has 0 saturated heterocycles. The van der Waals surface area contributed by atoms with Gasteiger partial charge in [-0.25, -0.2) is 9.18 Å². The zero-order valence-corrected chi connectivity index (χ0v) is 12.3. The van der Waals surface area contributed by atoms with Crippen molar-refractivity contribution >= 4 is 16.9 Å². The van der Waals surface area contributed by atoms with Crippen molar-refractivity contribution in [3.63, 3.8) is 0 Å². The molecule has 1 aromatic heterocycles. The summed E-state index contributed by atoms with van der Waals surface area (Å²) in [5.74, 6) is -1.77. The van der Waals surface area contributed by atoms with Crippen molar-refractivity contribution < 1.29 is 14.3 Å². The second kappa shape index (κ2) is 5.68. The van der Waals surface area contributed by atoms with Gasteiger partial charge in [0.05, 0.1) is 5.52 Å². The Morgan fingerprint density at radius 2 is 1.95 bits per heavy atom. The van der Waals surface area contributed by atoms with Crippen molar-refractivity contribution in [2.45, 2.75) is 39.7 Å². The van der Waals surface area contributed by atoms with Gasteiger partial charge in [-0.3, -0.25) is 4.79 Å². The number of aromatic nitrogens is 1. The summed E-state index contributed by atoms with van der Waals surface area (Å²) in [5, 5.41) is 9.20. The first-order valence-electron chi connectivity index (χ1n) is 7.07. The lowest BCUT2D eigenvalue weighted by atomic mass is 10.1. The Balaban J connectivity index is 0.000000774. The quantitative estimate of drug-likeness (QED) is 0.921. The molecule has 1 aliphatic rings. The van der Waals surface area contributed by atoms with Crippen molar-refractivity contribution in [2.75, 3.05) is 0 Å². The van der Waals surface area contributed by atoms with Gasteiger partial charge in [-0.05, 0) is 37.5 Å². The third kappa shape index (κ3) is 2.68. The van der Waals surface area contributed by atoms with Gasteiger partial charge in [-0.2, -0.15) is 0 Å². The first-order valence-corrected chi connectivity index (χ1v) is 7.07. The second-order valence-electron chi connectivity index (χ2n) is 4.93. The molecule has 0 radical (unpaired) electrons. The number of aryl methyl sites for hydroxylation is 1. The third-order valence-corrected chi connectivity index (χ3v) is 3.48. The van der Waals surface area contributed by atoms with E-state index in [4.69, 9.17) is 5.11 Å². The molecule has 1 N–H and O–H groups in total. The summed E-state index contributed by atoms with van der Waals surface area (Å²) in [5.41, 5.74) is 0.127. The summed E-state index contributed by atoms with van der Waals surface area (Å²) in [6, 6.07) is 2.96. The van der Waals surface area contributed by atoms with Crippen LogP contribution in [0.3, 0.4) is 0 Å². The van der Waals surface area contributed by atoms with Gasteiger partial charge >= 0.3 is 5.97 Å². The van der Waals surface area contributed by atoms with E-state index in [2.05, 4.69) is 0 Å². The third-order valence-electron chi connectivity index (χ3n) is 3.48. The molecule has 1 heterocycles. The SMILES string of the molecule is CC.Cc1cc2c(cc1F)c(=O)c(C(=O)O)cn2C1CC1. The number of hydrogen-bond acceptors (Lipinski definition) is 2. The largest absolute Gasteiger partial charge is 0.477 e. The highest BCUT2D eigenvalue weighted by Crippen LogP contribution is 2.37. The number of nitrogens with zero attached hydrogens (tertiary/aromatic N) is 1. The van der Waals surface area contributed by atoms with Crippen LogP contribution in [0.5, 0.6) is 0 Å². The second-order valence-corrected chi connectivity index (χ2v) is 4.93. The van der Waals surface area contributed by atoms with E-state index in [1.54, 1.807) is 17.6 Å². The number of aromatic carboxylic acids is 1. The molecule has 112 valence electrons. The van der Waals surface area contributed by atoms with Crippen molar-refractivity contribution in [3.8, 4) is 0 Å². The number of carboxylic acid groups (broad SMARTS) is 1. The molecule has 1 aromatic carbocycles. The smallest absolute Gasteiger partial charge is 0.341 e. The van der Waals surface area contributed by atoms with Crippen LogP contribution in [0.15, 0.2) is 23.1 Å². The van der Waals surface area contributed by atoms with E-state index in [1.807, 2.05) is 13.8 Å². The molecule has 5 heteroatoms. The molecule has 3 rings (SSSR count). The van der Waals surface area contributed by atoms with Crippen molar-refractivity contribution in [1.29, 1.82) is 0 Å². The fourth-order valence-electron chi connectivity index (χ4n) is 2.28. The number of pyridine rings is 1. The number of benzene rings is 1. The molecular weight excluding hydrogens is 273 g/mol. The maximum atomic E-state index is 13.6. The van der Waals surface area contributed by atoms with E-state index in [0.717, 1.165) is 18.9 Å². The van der Waals surface area contributed by atoms with Gasteiger partial charge in [0.25, 0.3) is 0 Å². The molecule has 0 amide bonds. The highest BCUT2D eigenvalue weighted by atomic mass is 19.1. The monoisotopic (exact) mass is 291 g/mol. The molecule has 1 fully saturated rings. The van der Waals surface area contributed by atoms with Crippen LogP contribution in [0.4, 0.5) is 4.39 Å². The summed E-state index contributed by atoms with van der Waals surface area (Å²) in [4.78, 5) is 23.2. The fourth-order valence-corrected chi connectivity index (χ4v) is 2.28. The molecule has 0 spiro atoms. The van der Waals surface area contributed by atoms with Crippen LogP contribution in [-0.4, -0.2) is 15.6 Å². The van der Waals surface area contributed by atoms with Crippen LogP contribution in [0.25, 0.3) is 10.9 Å². The van der Waals surface area contributed by atoms with Crippen LogP contribution >= 0.6 is 0 Å². The van der Waals surface area contributed by atoms with E-state index in [1.165, 1.54) is 6.20 Å². The number of carbonyl (C=O) groups is 1. The van der Waals surface area contributed by atoms with Crippen LogP contribution in [0, 0.1) is 12.7 Å². The van der Waals surface area contributed by atoms with Crippen LogP contribution in [0.1, 0.15) is 48.7 Å². The van der Waals surface area contributed by atoms with Gasteiger partial charge in [-0.1, -0.05) is 13.8 Å². The van der Waals surface area contributed by atoms with E-state index >= 15 is 0 Å². The molecule has 1 saturated carbocycles. The first kappa shape index (κ1) is 15.2. The van der Waals surface area contributed by atoms with E-state index in [0.29, 0.717) is 11.1 Å². The van der Waals surface area contributed by atoms with Gasteiger partial charge in [-0.15, -0.1) is 0 Å². The fraction of sp³-hybridized carbons (Fsp3) is 0.375. The van der Waals surface area contributed by atoms with Crippen molar-refractivity contribution in [2.24, 2.45) is 0 Å². The van der Waals surface area contributed by atoms with Crippen molar-refractivity contribution in [1.82, 2.24) is 4.57 Å². The summed E-state index contributed by atoms with van der Waals surface area (Å²) >= 11 is 0. The predicted molar refractivity (Wildman–Crippen MR) is 79.5 cm³/mol. The number of carboxylic acids is 1. The van der Waals surface area contributed by atoms with Crippen LogP contribution in [0.2, 0.25) is 0 Å². The Labute approximate surface area is 121 Å². The molecule has 0 bridgehead atoms. The highest BCUT2D eigenvalue weighted by Gasteiger charge is 2.27. The highest BCUT2D eigenvalue weighted by molar-refractivity contribution is 5.92. The molecule has 0 unspecified atom stereocenters. The Bertz CT molecular complexity index is 760. The van der Waals surface area contributed by atoms with E-state index in [-0.39, 0.29) is 17.0 Å². The zero-order chi connectivity index (χ0) is 15.7. The lowest BCUT2D eigenvalue weighted by Gasteiger charge is -2.12. The average molecular weight is 291 g/mol. The number of rotatable bonds is 2. The number of hydrogen-bond donors (Lipinski definition) is 1. The van der Waals surface area contributed by atoms with Gasteiger partial charge in [0.1, 0.15) is 11.4 Å². The van der Waals surface area contributed by atoms with Gasteiger partial charge in [0.2, 0.25) is 5.43 Å². The Hall–Kier alpha value is -2.17. The van der Waals surface area contributed by atoms with Crippen LogP contribution in [-0.2, 0) is 0 Å². The average Bonchev–Trinajstić information content (AvgIpc) is 3.28. The molecule has 4 nitrogen and oxygen atoms in total. The predicted octanol–water partition coefficient (Wildman–Crippen LogP) is 3.51. The standard InChI is InChI=1S/C14H12FNO3.C2H6/c1-7-4-12-9(5-11(7)15)13(17)10(14(18)19)6-16(12)8-2-3-8;1-2/h4-6,8H,2-3H2,1H3,(H,18,19);1-2H3. The van der Waals surface area contributed by atoms with Crippen molar-refractivity contribution in [3.05, 3.63) is 45.5 Å². The first-order chi connectivity index (χ1) is 9.99. The summed E-state index contributed by atoms with van der Waals surface area (Å²) in [6.07, 6.45) is 3.28. The van der Waals surface area contributed by atoms with E-state index < -0.39 is 17.2 Å². The Morgan fingerprint density at radius 1 is 1.33 bits per heavy atom. The Kier molecular flexibility index (Phi) is 4.11. The minimum Gasteiger partial charge on any atom is -0.477 e. The molecule has 1 aliphatic carbocycles. The van der Waals surface area contributed by atoms with E-state index in [9.17, 15) is 14.0 Å². The number of halogens is 1. The summed E-state index contributed by atoms with van der Waals surface area (Å²) in [6.45, 7) is 5.63. The van der Waals surface area contributed by atoms with Gasteiger partial charge < -0.3 is 9.67 Å². The molecule has 21 heavy (non-hydrogen) atoms. The normalized spacial score (nSPS) is 13.7. The lowest BCUT2D eigenvalue weighted by molar-refractivity contribution is 0.0695. The summed E-state index contributed by atoms with van der Waals surface area (Å²) in [7, 11) is 0. The van der Waals surface area contributed by atoms with Crippen LogP contribution < -0.4 is 5.43 Å². The van der Waals surface area contributed by atoms with Gasteiger partial charge in [0.15, 0.2) is 0 Å². The molecule has 2 aromatic rings. The topological polar surface area (TPSA) is 59.3 Å². The zero-order valence-electron chi connectivity index (χ0n) is 12.3. The minimum absolute atomic E-state index is 0.134. The number of fused-ring (bicyclic) bond motifs is 1. The summed E-state index contributed by atoms with van der Waals surface area (Å²) < 4.78 is 15.4. The lowest BCUT2D eigenvalue weighted by Crippen LogP contribution is -2.19. The molecular formula is C16H18FNO3. The maximum absolute atomic E-state index is 13.6. The minimum atomic E-state index is -1.28.